The summed E-state index contributed by atoms with van der Waals surface area (Å²) >= 11 is 5.95. The van der Waals surface area contributed by atoms with E-state index in [-0.39, 0.29) is 6.03 Å². The summed E-state index contributed by atoms with van der Waals surface area (Å²) < 4.78 is 0. The molecule has 1 aliphatic rings. The fraction of sp³-hybridized carbons (Fsp3) is 0.353. The molecule has 2 heterocycles. The van der Waals surface area contributed by atoms with Crippen LogP contribution in [0.25, 0.3) is 0 Å². The van der Waals surface area contributed by atoms with Crippen molar-refractivity contribution in [3.8, 4) is 0 Å². The first-order chi connectivity index (χ1) is 11.6. The number of carbonyl (C=O) groups is 1. The largest absolute Gasteiger partial charge is 0.323 e. The highest BCUT2D eigenvalue weighted by Gasteiger charge is 2.24. The first-order valence-corrected chi connectivity index (χ1v) is 8.33. The Hall–Kier alpha value is -2.18. The lowest BCUT2D eigenvalue weighted by Gasteiger charge is -2.38. The average Bonchev–Trinajstić information content (AvgIpc) is 2.63. The summed E-state index contributed by atoms with van der Waals surface area (Å²) in [4.78, 5) is 24.3. The molecule has 6 nitrogen and oxygen atoms in total. The van der Waals surface area contributed by atoms with E-state index in [0.717, 1.165) is 18.1 Å². The minimum absolute atomic E-state index is 0.118. The van der Waals surface area contributed by atoms with Crippen molar-refractivity contribution < 1.29 is 4.79 Å². The lowest BCUT2D eigenvalue weighted by atomic mass is 10.1. The summed E-state index contributed by atoms with van der Waals surface area (Å²) in [6, 6.07) is 9.80. The van der Waals surface area contributed by atoms with Crippen LogP contribution in [0.4, 0.5) is 10.6 Å². The lowest BCUT2D eigenvalue weighted by Crippen LogP contribution is -2.50. The van der Waals surface area contributed by atoms with E-state index in [4.69, 9.17) is 11.6 Å². The molecular formula is C17H20ClN5O. The minimum Gasteiger partial charge on any atom is -0.322 e. The molecule has 2 aromatic rings. The minimum atomic E-state index is -0.118. The number of urea groups is 1. The molecule has 0 bridgehead atoms. The van der Waals surface area contributed by atoms with Crippen LogP contribution >= 0.6 is 11.6 Å². The van der Waals surface area contributed by atoms with Gasteiger partial charge in [0, 0.05) is 43.4 Å². The number of amides is 2. The normalized spacial score (nSPS) is 16.7. The molecule has 24 heavy (non-hydrogen) atoms. The Labute approximate surface area is 146 Å². The molecule has 126 valence electrons. The Morgan fingerprint density at radius 3 is 2.50 bits per heavy atom. The van der Waals surface area contributed by atoms with E-state index in [1.54, 1.807) is 12.3 Å². The molecule has 1 saturated heterocycles. The molecule has 0 radical (unpaired) electrons. The number of nitrogens with zero attached hydrogens (tertiary/aromatic N) is 4. The molecule has 1 atom stereocenters. The van der Waals surface area contributed by atoms with Gasteiger partial charge in [-0.3, -0.25) is 10.2 Å². The van der Waals surface area contributed by atoms with Gasteiger partial charge in [-0.05, 0) is 30.7 Å². The van der Waals surface area contributed by atoms with Crippen molar-refractivity contribution in [1.82, 2.24) is 19.8 Å². The van der Waals surface area contributed by atoms with E-state index in [1.807, 2.05) is 17.0 Å². The van der Waals surface area contributed by atoms with Crippen LogP contribution in [0.15, 0.2) is 42.9 Å². The predicted molar refractivity (Wildman–Crippen MR) is 94.1 cm³/mol. The zero-order chi connectivity index (χ0) is 16.9. The third-order valence-corrected chi connectivity index (χ3v) is 4.57. The van der Waals surface area contributed by atoms with Gasteiger partial charge in [-0.1, -0.05) is 23.7 Å². The van der Waals surface area contributed by atoms with Gasteiger partial charge >= 0.3 is 6.03 Å². The van der Waals surface area contributed by atoms with Crippen molar-refractivity contribution in [2.24, 2.45) is 0 Å². The van der Waals surface area contributed by atoms with Crippen LogP contribution in [0.3, 0.4) is 0 Å². The van der Waals surface area contributed by atoms with Gasteiger partial charge in [-0.2, -0.15) is 0 Å². The van der Waals surface area contributed by atoms with Gasteiger partial charge < -0.3 is 4.90 Å². The maximum absolute atomic E-state index is 12.3. The molecule has 1 fully saturated rings. The molecule has 0 spiro atoms. The SMILES string of the molecule is CC(c1ccc(Cl)cc1)N1CCN(C(=O)Nc2ccncn2)CC1. The molecule has 2 amide bonds. The Bertz CT molecular complexity index is 671. The van der Waals surface area contributed by atoms with Crippen LogP contribution in [-0.2, 0) is 0 Å². The fourth-order valence-electron chi connectivity index (χ4n) is 2.82. The quantitative estimate of drug-likeness (QED) is 0.928. The zero-order valence-corrected chi connectivity index (χ0v) is 14.3. The van der Waals surface area contributed by atoms with Crippen molar-refractivity contribution in [2.75, 3.05) is 31.5 Å². The maximum Gasteiger partial charge on any atom is 0.323 e. The number of rotatable bonds is 3. The summed E-state index contributed by atoms with van der Waals surface area (Å²) in [5, 5.41) is 3.54. The number of nitrogens with one attached hydrogen (secondary N) is 1. The first-order valence-electron chi connectivity index (χ1n) is 7.95. The maximum atomic E-state index is 12.3. The molecule has 3 rings (SSSR count). The summed E-state index contributed by atoms with van der Waals surface area (Å²) in [6.45, 7) is 5.23. The number of carbonyl (C=O) groups excluding carboxylic acids is 1. The van der Waals surface area contributed by atoms with Gasteiger partial charge in [0.2, 0.25) is 0 Å². The van der Waals surface area contributed by atoms with E-state index in [2.05, 4.69) is 39.2 Å². The molecule has 1 aromatic heterocycles. The second-order valence-corrected chi connectivity index (χ2v) is 6.21. The van der Waals surface area contributed by atoms with E-state index in [1.165, 1.54) is 11.9 Å². The van der Waals surface area contributed by atoms with Gasteiger partial charge in [-0.15, -0.1) is 0 Å². The lowest BCUT2D eigenvalue weighted by molar-refractivity contribution is 0.119. The number of benzene rings is 1. The number of hydrogen-bond donors (Lipinski definition) is 1. The van der Waals surface area contributed by atoms with E-state index >= 15 is 0 Å². The third kappa shape index (κ3) is 4.01. The number of hydrogen-bond acceptors (Lipinski definition) is 4. The van der Waals surface area contributed by atoms with E-state index < -0.39 is 0 Å². The van der Waals surface area contributed by atoms with Crippen LogP contribution in [0, 0.1) is 0 Å². The highest BCUT2D eigenvalue weighted by atomic mass is 35.5. The molecule has 1 aliphatic heterocycles. The van der Waals surface area contributed by atoms with Gasteiger partial charge in [0.1, 0.15) is 12.1 Å². The van der Waals surface area contributed by atoms with Crippen LogP contribution in [-0.4, -0.2) is 52.0 Å². The van der Waals surface area contributed by atoms with Crippen molar-refractivity contribution in [3.05, 3.63) is 53.4 Å². The second kappa shape index (κ2) is 7.59. The van der Waals surface area contributed by atoms with Crippen LogP contribution in [0.1, 0.15) is 18.5 Å². The highest BCUT2D eigenvalue weighted by Crippen LogP contribution is 2.23. The van der Waals surface area contributed by atoms with Crippen LogP contribution < -0.4 is 5.32 Å². The predicted octanol–water partition coefficient (Wildman–Crippen LogP) is 3.04. The highest BCUT2D eigenvalue weighted by molar-refractivity contribution is 6.30. The van der Waals surface area contributed by atoms with Crippen molar-refractivity contribution in [1.29, 1.82) is 0 Å². The second-order valence-electron chi connectivity index (χ2n) is 5.78. The molecular weight excluding hydrogens is 326 g/mol. The number of piperazine rings is 1. The topological polar surface area (TPSA) is 61.4 Å². The monoisotopic (exact) mass is 345 g/mol. The number of anilines is 1. The molecule has 7 heteroatoms. The molecule has 0 saturated carbocycles. The summed E-state index contributed by atoms with van der Waals surface area (Å²) in [7, 11) is 0. The summed E-state index contributed by atoms with van der Waals surface area (Å²) in [6.07, 6.45) is 3.02. The number of halogens is 1. The molecule has 1 aromatic carbocycles. The number of aromatic nitrogens is 2. The molecule has 1 unspecified atom stereocenters. The first kappa shape index (κ1) is 16.7. The van der Waals surface area contributed by atoms with Crippen molar-refractivity contribution >= 4 is 23.4 Å². The summed E-state index contributed by atoms with van der Waals surface area (Å²) in [5.41, 5.74) is 1.23. The van der Waals surface area contributed by atoms with Gasteiger partial charge in [0.25, 0.3) is 0 Å². The van der Waals surface area contributed by atoms with Gasteiger partial charge in [-0.25, -0.2) is 14.8 Å². The van der Waals surface area contributed by atoms with Gasteiger partial charge in [0.15, 0.2) is 0 Å². The molecule has 0 aliphatic carbocycles. The van der Waals surface area contributed by atoms with E-state index in [9.17, 15) is 4.79 Å². The smallest absolute Gasteiger partial charge is 0.322 e. The van der Waals surface area contributed by atoms with Crippen LogP contribution in [0.5, 0.6) is 0 Å². The van der Waals surface area contributed by atoms with Gasteiger partial charge in [0.05, 0.1) is 0 Å². The van der Waals surface area contributed by atoms with Crippen LogP contribution in [0.2, 0.25) is 5.02 Å². The Morgan fingerprint density at radius 2 is 1.88 bits per heavy atom. The standard InChI is InChI=1S/C17H20ClN5O/c1-13(14-2-4-15(18)5-3-14)22-8-10-23(11-9-22)17(24)21-16-6-7-19-12-20-16/h2-7,12-13H,8-11H2,1H3,(H,19,20,21,24). The third-order valence-electron chi connectivity index (χ3n) is 4.32. The zero-order valence-electron chi connectivity index (χ0n) is 13.5. The van der Waals surface area contributed by atoms with Crippen molar-refractivity contribution in [2.45, 2.75) is 13.0 Å². The Balaban J connectivity index is 1.53. The fourth-order valence-corrected chi connectivity index (χ4v) is 2.94. The Kier molecular flexibility index (Phi) is 5.27. The Morgan fingerprint density at radius 1 is 1.17 bits per heavy atom. The summed E-state index contributed by atoms with van der Waals surface area (Å²) in [5.74, 6) is 0.520. The average molecular weight is 346 g/mol. The van der Waals surface area contributed by atoms with E-state index in [0.29, 0.717) is 24.9 Å². The molecule has 1 N–H and O–H groups in total. The van der Waals surface area contributed by atoms with Crippen molar-refractivity contribution in [3.63, 3.8) is 0 Å².